The van der Waals surface area contributed by atoms with E-state index >= 15 is 0 Å². The molecular formula is C14H16N4O2. The van der Waals surface area contributed by atoms with Crippen LogP contribution in [0.5, 0.6) is 0 Å². The van der Waals surface area contributed by atoms with Gasteiger partial charge in [-0.1, -0.05) is 17.3 Å². The standard InChI is InChI=1S/C14H16N4O2/c1-9(2)18-12-6-10(4-5-11(12)7-15-18)14-16-13(8-19-3)20-17-14/h4-7,9H,8H2,1-3H3. The van der Waals surface area contributed by atoms with E-state index in [2.05, 4.69) is 29.1 Å². The quantitative estimate of drug-likeness (QED) is 0.730. The first-order chi connectivity index (χ1) is 9.69. The van der Waals surface area contributed by atoms with Crippen molar-refractivity contribution in [1.29, 1.82) is 0 Å². The van der Waals surface area contributed by atoms with Crippen molar-refractivity contribution in [3.05, 3.63) is 30.3 Å². The predicted octanol–water partition coefficient (Wildman–Crippen LogP) is 2.81. The topological polar surface area (TPSA) is 66.0 Å². The van der Waals surface area contributed by atoms with Gasteiger partial charge in [-0.3, -0.25) is 4.68 Å². The Morgan fingerprint density at radius 1 is 1.35 bits per heavy atom. The van der Waals surface area contributed by atoms with Crippen LogP contribution in [0.2, 0.25) is 0 Å². The lowest BCUT2D eigenvalue weighted by molar-refractivity contribution is 0.151. The van der Waals surface area contributed by atoms with E-state index in [0.29, 0.717) is 24.4 Å². The van der Waals surface area contributed by atoms with E-state index in [1.807, 2.05) is 29.1 Å². The van der Waals surface area contributed by atoms with Crippen molar-refractivity contribution < 1.29 is 9.26 Å². The lowest BCUT2D eigenvalue weighted by Gasteiger charge is -2.07. The van der Waals surface area contributed by atoms with Gasteiger partial charge in [-0.05, 0) is 19.9 Å². The first-order valence-electron chi connectivity index (χ1n) is 6.48. The number of rotatable bonds is 4. The van der Waals surface area contributed by atoms with Gasteiger partial charge in [-0.25, -0.2) is 0 Å². The van der Waals surface area contributed by atoms with Gasteiger partial charge in [0.15, 0.2) is 0 Å². The highest BCUT2D eigenvalue weighted by Gasteiger charge is 2.11. The number of methoxy groups -OCH3 is 1. The number of hydrogen-bond donors (Lipinski definition) is 0. The van der Waals surface area contributed by atoms with Gasteiger partial charge in [-0.2, -0.15) is 10.1 Å². The van der Waals surface area contributed by atoms with Crippen molar-refractivity contribution in [2.45, 2.75) is 26.5 Å². The average molecular weight is 272 g/mol. The zero-order valence-corrected chi connectivity index (χ0v) is 11.7. The first-order valence-corrected chi connectivity index (χ1v) is 6.48. The highest BCUT2D eigenvalue weighted by atomic mass is 16.5. The Morgan fingerprint density at radius 3 is 2.95 bits per heavy atom. The van der Waals surface area contributed by atoms with Crippen LogP contribution in [0, 0.1) is 0 Å². The van der Waals surface area contributed by atoms with Gasteiger partial charge in [0.25, 0.3) is 5.89 Å². The van der Waals surface area contributed by atoms with Gasteiger partial charge in [0.05, 0.1) is 11.7 Å². The third kappa shape index (κ3) is 2.18. The lowest BCUT2D eigenvalue weighted by atomic mass is 10.1. The molecule has 0 saturated carbocycles. The molecular weight excluding hydrogens is 256 g/mol. The van der Waals surface area contributed by atoms with Crippen LogP contribution in [0.4, 0.5) is 0 Å². The van der Waals surface area contributed by atoms with Gasteiger partial charge in [0, 0.05) is 24.1 Å². The predicted molar refractivity (Wildman–Crippen MR) is 74.1 cm³/mol. The molecule has 0 saturated heterocycles. The molecule has 2 aromatic heterocycles. The van der Waals surface area contributed by atoms with Crippen LogP contribution in [0.3, 0.4) is 0 Å². The molecule has 0 amide bonds. The van der Waals surface area contributed by atoms with Gasteiger partial charge in [0.1, 0.15) is 6.61 Å². The zero-order valence-electron chi connectivity index (χ0n) is 11.7. The molecule has 0 unspecified atom stereocenters. The maximum Gasteiger partial charge on any atom is 0.252 e. The fraction of sp³-hybridized carbons (Fsp3) is 0.357. The minimum absolute atomic E-state index is 0.303. The number of aromatic nitrogens is 4. The molecule has 0 aliphatic heterocycles. The maximum absolute atomic E-state index is 5.12. The van der Waals surface area contributed by atoms with Gasteiger partial charge < -0.3 is 9.26 Å². The number of benzene rings is 1. The molecule has 0 atom stereocenters. The molecule has 0 aliphatic rings. The maximum atomic E-state index is 5.12. The summed E-state index contributed by atoms with van der Waals surface area (Å²) in [5.74, 6) is 1.04. The normalized spacial score (nSPS) is 11.6. The van der Waals surface area contributed by atoms with Gasteiger partial charge in [0.2, 0.25) is 5.82 Å². The van der Waals surface area contributed by atoms with E-state index in [1.165, 1.54) is 0 Å². The summed E-state index contributed by atoms with van der Waals surface area (Å²) in [5.41, 5.74) is 1.97. The summed E-state index contributed by atoms with van der Waals surface area (Å²) in [5, 5.41) is 9.47. The Bertz CT molecular complexity index is 730. The summed E-state index contributed by atoms with van der Waals surface area (Å²) in [4.78, 5) is 4.30. The van der Waals surface area contributed by atoms with Crippen LogP contribution >= 0.6 is 0 Å². The first kappa shape index (κ1) is 12.8. The monoisotopic (exact) mass is 272 g/mol. The second-order valence-corrected chi connectivity index (χ2v) is 4.90. The van der Waals surface area contributed by atoms with Crippen molar-refractivity contribution in [3.63, 3.8) is 0 Å². The van der Waals surface area contributed by atoms with Crippen LogP contribution in [0.1, 0.15) is 25.8 Å². The second kappa shape index (κ2) is 5.05. The molecule has 0 bridgehead atoms. The third-order valence-electron chi connectivity index (χ3n) is 3.08. The van der Waals surface area contributed by atoms with E-state index in [0.717, 1.165) is 16.5 Å². The summed E-state index contributed by atoms with van der Waals surface area (Å²) < 4.78 is 12.1. The van der Waals surface area contributed by atoms with Gasteiger partial charge in [-0.15, -0.1) is 0 Å². The molecule has 3 rings (SSSR count). The Morgan fingerprint density at radius 2 is 2.20 bits per heavy atom. The molecule has 0 N–H and O–H groups in total. The molecule has 6 nitrogen and oxygen atoms in total. The molecule has 2 heterocycles. The van der Waals surface area contributed by atoms with Crippen molar-refractivity contribution in [3.8, 4) is 11.4 Å². The minimum Gasteiger partial charge on any atom is -0.375 e. The Balaban J connectivity index is 2.04. The molecule has 1 aromatic carbocycles. The van der Waals surface area contributed by atoms with Crippen LogP contribution in [-0.4, -0.2) is 27.0 Å². The second-order valence-electron chi connectivity index (χ2n) is 4.90. The van der Waals surface area contributed by atoms with Gasteiger partial charge >= 0.3 is 0 Å². The fourth-order valence-corrected chi connectivity index (χ4v) is 2.14. The minimum atomic E-state index is 0.303. The molecule has 20 heavy (non-hydrogen) atoms. The van der Waals surface area contributed by atoms with E-state index in [-0.39, 0.29) is 0 Å². The van der Waals surface area contributed by atoms with Crippen molar-refractivity contribution in [1.82, 2.24) is 19.9 Å². The summed E-state index contributed by atoms with van der Waals surface area (Å²) in [7, 11) is 1.59. The molecule has 6 heteroatoms. The number of ether oxygens (including phenoxy) is 1. The third-order valence-corrected chi connectivity index (χ3v) is 3.08. The Labute approximate surface area is 116 Å². The van der Waals surface area contributed by atoms with E-state index in [1.54, 1.807) is 7.11 Å². The molecule has 0 spiro atoms. The van der Waals surface area contributed by atoms with Crippen LogP contribution in [0.25, 0.3) is 22.3 Å². The van der Waals surface area contributed by atoms with Crippen LogP contribution in [-0.2, 0) is 11.3 Å². The number of hydrogen-bond acceptors (Lipinski definition) is 5. The summed E-state index contributed by atoms with van der Waals surface area (Å²) in [6.07, 6.45) is 1.87. The molecule has 0 fully saturated rings. The summed E-state index contributed by atoms with van der Waals surface area (Å²) in [6, 6.07) is 6.32. The van der Waals surface area contributed by atoms with Crippen LogP contribution in [0.15, 0.2) is 28.9 Å². The molecule has 0 aliphatic carbocycles. The van der Waals surface area contributed by atoms with Crippen molar-refractivity contribution in [2.75, 3.05) is 7.11 Å². The SMILES string of the molecule is COCc1nc(-c2ccc3cnn(C(C)C)c3c2)no1. The molecule has 0 radical (unpaired) electrons. The number of fused-ring (bicyclic) bond motifs is 1. The highest BCUT2D eigenvalue weighted by molar-refractivity contribution is 5.83. The summed E-state index contributed by atoms with van der Waals surface area (Å²) >= 11 is 0. The van der Waals surface area contributed by atoms with E-state index in [4.69, 9.17) is 9.26 Å². The lowest BCUT2D eigenvalue weighted by Crippen LogP contribution is -2.01. The number of nitrogens with zero attached hydrogens (tertiary/aromatic N) is 4. The van der Waals surface area contributed by atoms with Crippen LogP contribution < -0.4 is 0 Å². The summed E-state index contributed by atoms with van der Waals surface area (Å²) in [6.45, 7) is 4.52. The van der Waals surface area contributed by atoms with E-state index in [9.17, 15) is 0 Å². The zero-order chi connectivity index (χ0) is 14.1. The smallest absolute Gasteiger partial charge is 0.252 e. The highest BCUT2D eigenvalue weighted by Crippen LogP contribution is 2.24. The Hall–Kier alpha value is -2.21. The average Bonchev–Trinajstić information content (AvgIpc) is 3.04. The van der Waals surface area contributed by atoms with Crippen molar-refractivity contribution >= 4 is 10.9 Å². The Kier molecular flexibility index (Phi) is 3.23. The van der Waals surface area contributed by atoms with E-state index < -0.39 is 0 Å². The molecule has 104 valence electrons. The largest absolute Gasteiger partial charge is 0.375 e. The molecule has 3 aromatic rings. The fourth-order valence-electron chi connectivity index (χ4n) is 2.14. The van der Waals surface area contributed by atoms with Crippen molar-refractivity contribution in [2.24, 2.45) is 0 Å².